The zero-order valence-corrected chi connectivity index (χ0v) is 9.68. The van der Waals surface area contributed by atoms with Gasteiger partial charge < -0.3 is 19.1 Å². The van der Waals surface area contributed by atoms with E-state index < -0.39 is 6.10 Å². The lowest BCUT2D eigenvalue weighted by Crippen LogP contribution is -2.17. The third-order valence-corrected chi connectivity index (χ3v) is 2.03. The molecule has 6 nitrogen and oxygen atoms in total. The maximum atomic E-state index is 9.45. The summed E-state index contributed by atoms with van der Waals surface area (Å²) in [6.45, 7) is 0.942. The van der Waals surface area contributed by atoms with Crippen LogP contribution in [0.2, 0.25) is 0 Å². The predicted octanol–water partition coefficient (Wildman–Crippen LogP) is 0.198. The number of hydrogen-bond donors (Lipinski definition) is 1. The number of aromatic nitrogens is 2. The number of methoxy groups -OCH3 is 2. The molecule has 0 aromatic carbocycles. The molecule has 16 heavy (non-hydrogen) atoms. The molecule has 0 spiro atoms. The van der Waals surface area contributed by atoms with E-state index in [9.17, 15) is 5.11 Å². The zero-order valence-electron chi connectivity index (χ0n) is 9.68. The second-order valence-electron chi connectivity index (χ2n) is 3.51. The van der Waals surface area contributed by atoms with Gasteiger partial charge in [-0.15, -0.1) is 0 Å². The van der Waals surface area contributed by atoms with Crippen LogP contribution in [0.25, 0.3) is 0 Å². The molecule has 0 radical (unpaired) electrons. The van der Waals surface area contributed by atoms with Crippen LogP contribution in [0.4, 0.5) is 0 Å². The summed E-state index contributed by atoms with van der Waals surface area (Å²) in [5.74, 6) is 1.09. The Bertz CT molecular complexity index is 290. The van der Waals surface area contributed by atoms with E-state index in [1.807, 2.05) is 0 Å². The summed E-state index contributed by atoms with van der Waals surface area (Å²) in [5.41, 5.74) is 0. The Kier molecular flexibility index (Phi) is 5.99. The molecular weight excluding hydrogens is 212 g/mol. The Morgan fingerprint density at radius 3 is 2.88 bits per heavy atom. The molecule has 0 aliphatic carbocycles. The van der Waals surface area contributed by atoms with Gasteiger partial charge in [0, 0.05) is 27.2 Å². The Morgan fingerprint density at radius 1 is 1.38 bits per heavy atom. The minimum absolute atomic E-state index is 0.265. The number of rotatable bonds is 8. The average molecular weight is 230 g/mol. The summed E-state index contributed by atoms with van der Waals surface area (Å²) in [4.78, 5) is 4.16. The van der Waals surface area contributed by atoms with Gasteiger partial charge in [-0.1, -0.05) is 5.16 Å². The van der Waals surface area contributed by atoms with E-state index in [0.29, 0.717) is 24.7 Å². The van der Waals surface area contributed by atoms with Gasteiger partial charge in [0.15, 0.2) is 5.82 Å². The van der Waals surface area contributed by atoms with Gasteiger partial charge in [-0.05, 0) is 6.42 Å². The Hall–Kier alpha value is -0.980. The van der Waals surface area contributed by atoms with Crippen molar-refractivity contribution in [2.45, 2.75) is 25.4 Å². The zero-order chi connectivity index (χ0) is 11.8. The van der Waals surface area contributed by atoms with Gasteiger partial charge in [-0.2, -0.15) is 4.98 Å². The van der Waals surface area contributed by atoms with Crippen LogP contribution in [-0.4, -0.2) is 48.8 Å². The Morgan fingerprint density at radius 2 is 2.19 bits per heavy atom. The van der Waals surface area contributed by atoms with E-state index in [2.05, 4.69) is 10.1 Å². The second kappa shape index (κ2) is 7.32. The van der Waals surface area contributed by atoms with Crippen molar-refractivity contribution in [3.05, 3.63) is 11.7 Å². The van der Waals surface area contributed by atoms with Crippen molar-refractivity contribution in [2.75, 3.05) is 27.4 Å². The van der Waals surface area contributed by atoms with Gasteiger partial charge in [-0.3, -0.25) is 0 Å². The first-order valence-electron chi connectivity index (χ1n) is 5.23. The number of aryl methyl sites for hydroxylation is 1. The molecule has 92 valence electrons. The van der Waals surface area contributed by atoms with Gasteiger partial charge in [0.2, 0.25) is 5.89 Å². The van der Waals surface area contributed by atoms with E-state index in [1.165, 1.54) is 7.11 Å². The van der Waals surface area contributed by atoms with E-state index in [1.54, 1.807) is 7.11 Å². The van der Waals surface area contributed by atoms with Crippen molar-refractivity contribution in [1.82, 2.24) is 10.1 Å². The molecule has 0 amide bonds. The summed E-state index contributed by atoms with van der Waals surface area (Å²) in [5, 5.41) is 13.3. The summed E-state index contributed by atoms with van der Waals surface area (Å²) in [7, 11) is 3.19. The standard InChI is InChI=1S/C10H18N2O4/c1-14-5-3-4-9-11-10(16-12-9)6-8(13)7-15-2/h8,13H,3-7H2,1-2H3. The van der Waals surface area contributed by atoms with E-state index in [4.69, 9.17) is 14.0 Å². The van der Waals surface area contributed by atoms with E-state index >= 15 is 0 Å². The summed E-state index contributed by atoms with van der Waals surface area (Å²) < 4.78 is 14.7. The van der Waals surface area contributed by atoms with Crippen molar-refractivity contribution >= 4 is 0 Å². The fourth-order valence-corrected chi connectivity index (χ4v) is 1.30. The molecule has 1 atom stereocenters. The first kappa shape index (κ1) is 13.1. The second-order valence-corrected chi connectivity index (χ2v) is 3.51. The SMILES string of the molecule is COCCCc1noc(CC(O)COC)n1. The number of hydrogen-bond acceptors (Lipinski definition) is 6. The highest BCUT2D eigenvalue weighted by atomic mass is 16.5. The number of aliphatic hydroxyl groups is 1. The number of aliphatic hydroxyl groups excluding tert-OH is 1. The largest absolute Gasteiger partial charge is 0.390 e. The van der Waals surface area contributed by atoms with Crippen LogP contribution in [0.3, 0.4) is 0 Å². The molecule has 0 aliphatic rings. The lowest BCUT2D eigenvalue weighted by molar-refractivity contribution is 0.0599. The third-order valence-electron chi connectivity index (χ3n) is 2.03. The summed E-state index contributed by atoms with van der Waals surface area (Å²) in [6.07, 6.45) is 1.30. The van der Waals surface area contributed by atoms with Crippen LogP contribution in [0.5, 0.6) is 0 Å². The maximum absolute atomic E-state index is 9.45. The van der Waals surface area contributed by atoms with Crippen molar-refractivity contribution < 1.29 is 19.1 Å². The fraction of sp³-hybridized carbons (Fsp3) is 0.800. The highest BCUT2D eigenvalue weighted by molar-refractivity contribution is 4.88. The molecule has 6 heteroatoms. The molecule has 0 saturated carbocycles. The number of ether oxygens (including phenoxy) is 2. The van der Waals surface area contributed by atoms with Crippen molar-refractivity contribution in [3.63, 3.8) is 0 Å². The van der Waals surface area contributed by atoms with Crippen LogP contribution in [0.1, 0.15) is 18.1 Å². The highest BCUT2D eigenvalue weighted by Gasteiger charge is 2.11. The van der Waals surface area contributed by atoms with Gasteiger partial charge in [0.25, 0.3) is 0 Å². The van der Waals surface area contributed by atoms with Crippen molar-refractivity contribution in [3.8, 4) is 0 Å². The van der Waals surface area contributed by atoms with Crippen molar-refractivity contribution in [2.24, 2.45) is 0 Å². The maximum Gasteiger partial charge on any atom is 0.229 e. The molecule has 1 N–H and O–H groups in total. The molecule has 0 fully saturated rings. The molecule has 0 aliphatic heterocycles. The third kappa shape index (κ3) is 4.69. The molecule has 0 saturated heterocycles. The number of nitrogens with zero attached hydrogens (tertiary/aromatic N) is 2. The smallest absolute Gasteiger partial charge is 0.229 e. The molecule has 1 aromatic rings. The summed E-state index contributed by atoms with van der Waals surface area (Å²) in [6, 6.07) is 0. The van der Waals surface area contributed by atoms with Gasteiger partial charge in [-0.25, -0.2) is 0 Å². The van der Waals surface area contributed by atoms with Crippen LogP contribution >= 0.6 is 0 Å². The first-order chi connectivity index (χ1) is 7.76. The molecule has 1 heterocycles. The molecular formula is C10H18N2O4. The summed E-state index contributed by atoms with van der Waals surface area (Å²) >= 11 is 0. The molecule has 1 unspecified atom stereocenters. The van der Waals surface area contributed by atoms with E-state index in [0.717, 1.165) is 12.8 Å². The van der Waals surface area contributed by atoms with Gasteiger partial charge in [0.05, 0.1) is 19.1 Å². The lowest BCUT2D eigenvalue weighted by Gasteiger charge is -2.04. The Balaban J connectivity index is 2.33. The fourth-order valence-electron chi connectivity index (χ4n) is 1.30. The van der Waals surface area contributed by atoms with Gasteiger partial charge in [0.1, 0.15) is 0 Å². The minimum Gasteiger partial charge on any atom is -0.390 e. The van der Waals surface area contributed by atoms with Gasteiger partial charge >= 0.3 is 0 Å². The van der Waals surface area contributed by atoms with Crippen LogP contribution in [0.15, 0.2) is 4.52 Å². The van der Waals surface area contributed by atoms with Crippen LogP contribution in [0, 0.1) is 0 Å². The van der Waals surface area contributed by atoms with E-state index in [-0.39, 0.29) is 6.61 Å². The highest BCUT2D eigenvalue weighted by Crippen LogP contribution is 2.04. The predicted molar refractivity (Wildman–Crippen MR) is 56.1 cm³/mol. The van der Waals surface area contributed by atoms with Crippen LogP contribution in [-0.2, 0) is 22.3 Å². The van der Waals surface area contributed by atoms with Crippen molar-refractivity contribution in [1.29, 1.82) is 0 Å². The average Bonchev–Trinajstić information content (AvgIpc) is 2.66. The molecule has 1 rings (SSSR count). The normalized spacial score (nSPS) is 12.9. The quantitative estimate of drug-likeness (QED) is 0.643. The monoisotopic (exact) mass is 230 g/mol. The van der Waals surface area contributed by atoms with Crippen LogP contribution < -0.4 is 0 Å². The lowest BCUT2D eigenvalue weighted by atomic mass is 10.2. The first-order valence-corrected chi connectivity index (χ1v) is 5.23. The Labute approximate surface area is 94.6 Å². The topological polar surface area (TPSA) is 77.6 Å². The minimum atomic E-state index is -0.600. The molecule has 1 aromatic heterocycles. The molecule has 0 bridgehead atoms.